The van der Waals surface area contributed by atoms with Crippen LogP contribution in [-0.4, -0.2) is 35.6 Å². The van der Waals surface area contributed by atoms with E-state index in [9.17, 15) is 14.4 Å². The maximum atomic E-state index is 12.7. The predicted molar refractivity (Wildman–Crippen MR) is 194 cm³/mol. The number of carboxylic acids is 1. The van der Waals surface area contributed by atoms with Crippen molar-refractivity contribution in [2.24, 2.45) is 0 Å². The van der Waals surface area contributed by atoms with E-state index in [1.165, 1.54) is 96.3 Å². The molecule has 0 radical (unpaired) electrons. The number of carbonyl (C=O) groups excluding carboxylic acids is 2. The molecule has 46 heavy (non-hydrogen) atoms. The van der Waals surface area contributed by atoms with Crippen LogP contribution in [0, 0.1) is 0 Å². The van der Waals surface area contributed by atoms with Gasteiger partial charge >= 0.3 is 11.9 Å². The quantitative estimate of drug-likeness (QED) is 0.0405. The summed E-state index contributed by atoms with van der Waals surface area (Å²) < 4.78 is 5.98. The van der Waals surface area contributed by atoms with Gasteiger partial charge in [-0.1, -0.05) is 147 Å². The van der Waals surface area contributed by atoms with Gasteiger partial charge in [-0.15, -0.1) is 0 Å². The Balaban J connectivity index is 4.22. The summed E-state index contributed by atoms with van der Waals surface area (Å²) in [6.45, 7) is 4.19. The Bertz CT molecular complexity index is 763. The molecule has 0 aliphatic heterocycles. The maximum absolute atomic E-state index is 12.7. The van der Waals surface area contributed by atoms with Crippen LogP contribution in [0.15, 0.2) is 24.3 Å². The Morgan fingerprint density at radius 3 is 1.59 bits per heavy atom. The number of hydrogen-bond acceptors (Lipinski definition) is 4. The van der Waals surface area contributed by atoms with Crippen LogP contribution < -0.4 is 5.32 Å². The SMILES string of the molecule is CCCCC/C=C\C/C=C\CCCC(CCCCCCCC(=O)NCC(=O)O)OC(=O)CCCCCCCCCCCCCCC. The molecule has 2 N–H and O–H groups in total. The molecule has 0 spiro atoms. The number of esters is 1. The molecule has 1 atom stereocenters. The van der Waals surface area contributed by atoms with Gasteiger partial charge in [0.05, 0.1) is 0 Å². The second-order valence-electron chi connectivity index (χ2n) is 13.2. The van der Waals surface area contributed by atoms with Gasteiger partial charge in [-0.05, 0) is 64.2 Å². The lowest BCUT2D eigenvalue weighted by molar-refractivity contribution is -0.150. The monoisotopic (exact) mass is 648 g/mol. The molecule has 0 aliphatic rings. The molecule has 0 heterocycles. The number of hydrogen-bond donors (Lipinski definition) is 2. The summed E-state index contributed by atoms with van der Waals surface area (Å²) in [6, 6.07) is 0. The molecule has 0 aromatic heterocycles. The van der Waals surface area contributed by atoms with Crippen LogP contribution in [0.4, 0.5) is 0 Å². The summed E-state index contributed by atoms with van der Waals surface area (Å²) in [4.78, 5) is 34.9. The van der Waals surface area contributed by atoms with E-state index in [-0.39, 0.29) is 24.5 Å². The third-order valence-corrected chi connectivity index (χ3v) is 8.63. The topological polar surface area (TPSA) is 92.7 Å². The standard InChI is InChI=1S/C40H73NO5/c1-3-5-7-9-11-13-15-16-18-20-22-27-31-35-40(45)46-37(32-28-24-21-19-17-14-12-10-8-6-4-2)33-29-25-23-26-30-34-38(42)41-36-39(43)44/h12,14,19,21,37H,3-11,13,15-18,20,22-36H2,1-2H3,(H,41,42)(H,43,44)/b14-12-,21-19-. The summed E-state index contributed by atoms with van der Waals surface area (Å²) in [5.74, 6) is -1.26. The highest BCUT2D eigenvalue weighted by Gasteiger charge is 2.14. The zero-order valence-electron chi connectivity index (χ0n) is 30.2. The van der Waals surface area contributed by atoms with Gasteiger partial charge in [0.25, 0.3) is 0 Å². The largest absolute Gasteiger partial charge is 0.480 e. The fraction of sp³-hybridized carbons (Fsp3) is 0.825. The van der Waals surface area contributed by atoms with Crippen molar-refractivity contribution >= 4 is 17.8 Å². The minimum atomic E-state index is -1.02. The summed E-state index contributed by atoms with van der Waals surface area (Å²) in [7, 11) is 0. The number of aliphatic carboxylic acids is 1. The molecule has 6 heteroatoms. The lowest BCUT2D eigenvalue weighted by Crippen LogP contribution is -2.28. The number of unbranched alkanes of at least 4 members (excludes halogenated alkanes) is 20. The highest BCUT2D eigenvalue weighted by molar-refractivity contribution is 5.80. The molecule has 0 saturated carbocycles. The Hall–Kier alpha value is -2.11. The van der Waals surface area contributed by atoms with Gasteiger partial charge in [-0.2, -0.15) is 0 Å². The molecule has 0 aliphatic carbocycles. The highest BCUT2D eigenvalue weighted by atomic mass is 16.5. The summed E-state index contributed by atoms with van der Waals surface area (Å²) in [6.07, 6.45) is 41.5. The van der Waals surface area contributed by atoms with E-state index in [0.717, 1.165) is 77.0 Å². The molecule has 0 aromatic rings. The minimum Gasteiger partial charge on any atom is -0.480 e. The van der Waals surface area contributed by atoms with Gasteiger partial charge in [0.2, 0.25) is 5.91 Å². The number of allylic oxidation sites excluding steroid dienone is 4. The number of carbonyl (C=O) groups is 3. The zero-order chi connectivity index (χ0) is 33.8. The first-order valence-corrected chi connectivity index (χ1v) is 19.5. The van der Waals surface area contributed by atoms with Crippen molar-refractivity contribution < 1.29 is 24.2 Å². The van der Waals surface area contributed by atoms with Crippen LogP contribution in [-0.2, 0) is 19.1 Å². The summed E-state index contributed by atoms with van der Waals surface area (Å²) in [5.41, 5.74) is 0. The first kappa shape index (κ1) is 43.9. The Morgan fingerprint density at radius 2 is 1.02 bits per heavy atom. The van der Waals surface area contributed by atoms with Gasteiger partial charge in [-0.3, -0.25) is 14.4 Å². The number of amides is 1. The van der Waals surface area contributed by atoms with Crippen molar-refractivity contribution in [1.29, 1.82) is 0 Å². The van der Waals surface area contributed by atoms with Crippen molar-refractivity contribution in [1.82, 2.24) is 5.32 Å². The van der Waals surface area contributed by atoms with Gasteiger partial charge in [0.15, 0.2) is 0 Å². The number of nitrogens with one attached hydrogen (secondary N) is 1. The lowest BCUT2D eigenvalue weighted by atomic mass is 10.0. The number of rotatable bonds is 35. The van der Waals surface area contributed by atoms with Crippen LogP contribution >= 0.6 is 0 Å². The fourth-order valence-electron chi connectivity index (χ4n) is 5.73. The van der Waals surface area contributed by atoms with E-state index in [1.807, 2.05) is 0 Å². The van der Waals surface area contributed by atoms with Gasteiger partial charge in [0, 0.05) is 12.8 Å². The second-order valence-corrected chi connectivity index (χ2v) is 13.2. The van der Waals surface area contributed by atoms with E-state index in [4.69, 9.17) is 9.84 Å². The van der Waals surface area contributed by atoms with Crippen molar-refractivity contribution in [2.75, 3.05) is 6.54 Å². The van der Waals surface area contributed by atoms with E-state index in [0.29, 0.717) is 12.8 Å². The summed E-state index contributed by atoms with van der Waals surface area (Å²) in [5, 5.41) is 11.1. The third kappa shape index (κ3) is 34.8. The molecule has 0 saturated heterocycles. The van der Waals surface area contributed by atoms with E-state index in [2.05, 4.69) is 43.5 Å². The van der Waals surface area contributed by atoms with E-state index in [1.54, 1.807) is 0 Å². The Morgan fingerprint density at radius 1 is 0.565 bits per heavy atom. The molecule has 268 valence electrons. The maximum Gasteiger partial charge on any atom is 0.322 e. The fourth-order valence-corrected chi connectivity index (χ4v) is 5.73. The number of carboxylic acid groups (broad SMARTS) is 1. The van der Waals surface area contributed by atoms with Crippen molar-refractivity contribution in [3.63, 3.8) is 0 Å². The minimum absolute atomic E-state index is 0.0110. The lowest BCUT2D eigenvalue weighted by Gasteiger charge is -2.18. The predicted octanol–water partition coefficient (Wildman–Crippen LogP) is 11.6. The van der Waals surface area contributed by atoms with Crippen LogP contribution in [0.25, 0.3) is 0 Å². The molecule has 1 unspecified atom stereocenters. The number of ether oxygens (including phenoxy) is 1. The highest BCUT2D eigenvalue weighted by Crippen LogP contribution is 2.18. The zero-order valence-corrected chi connectivity index (χ0v) is 30.2. The third-order valence-electron chi connectivity index (χ3n) is 8.63. The van der Waals surface area contributed by atoms with Crippen LogP contribution in [0.2, 0.25) is 0 Å². The van der Waals surface area contributed by atoms with Crippen molar-refractivity contribution in [3.05, 3.63) is 24.3 Å². The molecule has 0 bridgehead atoms. The van der Waals surface area contributed by atoms with E-state index < -0.39 is 5.97 Å². The molecule has 6 nitrogen and oxygen atoms in total. The van der Waals surface area contributed by atoms with Gasteiger partial charge in [0.1, 0.15) is 12.6 Å². The molecular weight excluding hydrogens is 574 g/mol. The van der Waals surface area contributed by atoms with Crippen LogP contribution in [0.5, 0.6) is 0 Å². The Kier molecular flexibility index (Phi) is 34.1. The van der Waals surface area contributed by atoms with Crippen molar-refractivity contribution in [3.8, 4) is 0 Å². The average Bonchev–Trinajstić information content (AvgIpc) is 3.04. The average molecular weight is 648 g/mol. The first-order valence-electron chi connectivity index (χ1n) is 19.5. The van der Waals surface area contributed by atoms with Crippen LogP contribution in [0.1, 0.15) is 200 Å². The Labute approximate surface area is 284 Å². The van der Waals surface area contributed by atoms with Crippen molar-refractivity contribution in [2.45, 2.75) is 206 Å². The second kappa shape index (κ2) is 35.7. The first-order chi connectivity index (χ1) is 22.5. The molecule has 0 fully saturated rings. The molecule has 1 amide bonds. The molecular formula is C40H73NO5. The molecule has 0 rings (SSSR count). The van der Waals surface area contributed by atoms with Gasteiger partial charge in [-0.25, -0.2) is 0 Å². The van der Waals surface area contributed by atoms with Crippen LogP contribution in [0.3, 0.4) is 0 Å². The normalized spacial score (nSPS) is 12.2. The summed E-state index contributed by atoms with van der Waals surface area (Å²) >= 11 is 0. The smallest absolute Gasteiger partial charge is 0.322 e. The van der Waals surface area contributed by atoms with E-state index >= 15 is 0 Å². The van der Waals surface area contributed by atoms with Gasteiger partial charge < -0.3 is 15.2 Å². The molecule has 0 aromatic carbocycles.